The lowest BCUT2D eigenvalue weighted by Gasteiger charge is -2.36. The second kappa shape index (κ2) is 8.20. The standard InChI is InChI=1S/C28H29N3O3/c1-17-9-7-11-19(18(17)2)30-27(33)31-22-12-6-5-10-20(22)29-21-15-28(3,4)16-23(32)25(21)26(31)24-13-8-14-34-24/h5-14,26,29H,15-16H2,1-4H3,(H,30,33)/t26-/m1/s1. The van der Waals surface area contributed by atoms with Crippen LogP contribution in [0.15, 0.2) is 76.5 Å². The van der Waals surface area contributed by atoms with Crippen molar-refractivity contribution < 1.29 is 14.0 Å². The first kappa shape index (κ1) is 22.0. The third kappa shape index (κ3) is 3.79. The first-order valence-corrected chi connectivity index (χ1v) is 11.6. The van der Waals surface area contributed by atoms with Crippen molar-refractivity contribution in [1.82, 2.24) is 0 Å². The van der Waals surface area contributed by atoms with Crippen molar-refractivity contribution in [3.05, 3.63) is 89.0 Å². The van der Waals surface area contributed by atoms with Gasteiger partial charge in [-0.1, -0.05) is 38.1 Å². The van der Waals surface area contributed by atoms with Crippen molar-refractivity contribution in [1.29, 1.82) is 0 Å². The number of fused-ring (bicyclic) bond motifs is 1. The number of hydrogen-bond donors (Lipinski definition) is 2. The van der Waals surface area contributed by atoms with Crippen molar-refractivity contribution in [3.63, 3.8) is 0 Å². The molecule has 0 saturated heterocycles. The summed E-state index contributed by atoms with van der Waals surface area (Å²) in [7, 11) is 0. The SMILES string of the molecule is Cc1cccc(NC(=O)N2c3ccccc3NC3=C(C(=O)CC(C)(C)C3)[C@H]2c2ccco2)c1C. The number of ketones is 1. The van der Waals surface area contributed by atoms with Crippen molar-refractivity contribution in [2.75, 3.05) is 15.5 Å². The van der Waals surface area contributed by atoms with Crippen LogP contribution in [-0.2, 0) is 4.79 Å². The number of benzene rings is 2. The number of para-hydroxylation sites is 2. The van der Waals surface area contributed by atoms with Crippen LogP contribution in [0.1, 0.15) is 49.6 Å². The van der Waals surface area contributed by atoms with Crippen molar-refractivity contribution >= 4 is 28.9 Å². The highest BCUT2D eigenvalue weighted by molar-refractivity contribution is 6.09. The molecular formula is C28H29N3O3. The summed E-state index contributed by atoms with van der Waals surface area (Å²) in [4.78, 5) is 29.2. The third-order valence-corrected chi connectivity index (χ3v) is 6.78. The average Bonchev–Trinajstić information content (AvgIpc) is 3.26. The number of aryl methyl sites for hydroxylation is 1. The predicted octanol–water partition coefficient (Wildman–Crippen LogP) is 6.74. The minimum absolute atomic E-state index is 0.0255. The lowest BCUT2D eigenvalue weighted by molar-refractivity contribution is -0.118. The molecule has 3 aromatic rings. The molecule has 2 aromatic carbocycles. The topological polar surface area (TPSA) is 74.6 Å². The van der Waals surface area contributed by atoms with Gasteiger partial charge in [0.1, 0.15) is 11.8 Å². The molecule has 0 fully saturated rings. The molecule has 0 saturated carbocycles. The van der Waals surface area contributed by atoms with Gasteiger partial charge < -0.3 is 15.1 Å². The fraction of sp³-hybridized carbons (Fsp3) is 0.286. The fourth-order valence-corrected chi connectivity index (χ4v) is 4.99. The molecule has 174 valence electrons. The molecule has 6 heteroatoms. The Morgan fingerprint density at radius 1 is 1.06 bits per heavy atom. The molecule has 1 aromatic heterocycles. The third-order valence-electron chi connectivity index (χ3n) is 6.78. The molecule has 1 aliphatic carbocycles. The van der Waals surface area contributed by atoms with Crippen molar-refractivity contribution in [2.24, 2.45) is 5.41 Å². The summed E-state index contributed by atoms with van der Waals surface area (Å²) in [5, 5.41) is 6.60. The normalized spacial score (nSPS) is 19.1. The van der Waals surface area contributed by atoms with E-state index in [4.69, 9.17) is 4.42 Å². The second-order valence-corrected chi connectivity index (χ2v) is 9.94. The number of hydrogen-bond acceptors (Lipinski definition) is 4. The maximum Gasteiger partial charge on any atom is 0.327 e. The number of furan rings is 1. The van der Waals surface area contributed by atoms with Crippen LogP contribution in [0.4, 0.5) is 21.9 Å². The van der Waals surface area contributed by atoms with Gasteiger partial charge in [0, 0.05) is 23.4 Å². The molecule has 0 radical (unpaired) electrons. The van der Waals surface area contributed by atoms with Gasteiger partial charge in [-0.05, 0) is 67.1 Å². The van der Waals surface area contributed by atoms with Crippen LogP contribution < -0.4 is 15.5 Å². The molecule has 5 rings (SSSR count). The zero-order valence-corrected chi connectivity index (χ0v) is 19.9. The Morgan fingerprint density at radius 3 is 2.62 bits per heavy atom. The number of urea groups is 1. The minimum atomic E-state index is -0.685. The number of carbonyl (C=O) groups is 2. The maximum absolute atomic E-state index is 14.0. The number of nitrogens with zero attached hydrogens (tertiary/aromatic N) is 1. The van der Waals surface area contributed by atoms with Gasteiger partial charge in [0.2, 0.25) is 0 Å². The molecule has 2 heterocycles. The number of nitrogens with one attached hydrogen (secondary N) is 2. The summed E-state index contributed by atoms with van der Waals surface area (Å²) < 4.78 is 5.83. The van der Waals surface area contributed by atoms with Crippen molar-refractivity contribution in [2.45, 2.75) is 46.6 Å². The summed E-state index contributed by atoms with van der Waals surface area (Å²) in [6, 6.07) is 16.1. The first-order chi connectivity index (χ1) is 16.2. The molecule has 0 spiro atoms. The van der Waals surface area contributed by atoms with Crippen LogP contribution in [-0.4, -0.2) is 11.8 Å². The number of anilines is 3. The zero-order chi connectivity index (χ0) is 24.0. The van der Waals surface area contributed by atoms with E-state index in [0.717, 1.165) is 28.2 Å². The molecule has 0 bridgehead atoms. The quantitative estimate of drug-likeness (QED) is 0.448. The summed E-state index contributed by atoms with van der Waals surface area (Å²) in [5.74, 6) is 0.577. The Balaban J connectivity index is 1.69. The Hall–Kier alpha value is -3.80. The fourth-order valence-electron chi connectivity index (χ4n) is 4.99. The highest BCUT2D eigenvalue weighted by Gasteiger charge is 2.44. The second-order valence-electron chi connectivity index (χ2n) is 9.94. The molecule has 0 unspecified atom stereocenters. The Kier molecular flexibility index (Phi) is 5.31. The van der Waals surface area contributed by atoms with Gasteiger partial charge in [-0.3, -0.25) is 9.69 Å². The van der Waals surface area contributed by atoms with Crippen LogP contribution in [0, 0.1) is 19.3 Å². The summed E-state index contributed by atoms with van der Waals surface area (Å²) in [5.41, 5.74) is 5.55. The van der Waals surface area contributed by atoms with E-state index in [1.165, 1.54) is 0 Å². The zero-order valence-electron chi connectivity index (χ0n) is 19.9. The molecule has 1 atom stereocenters. The highest BCUT2D eigenvalue weighted by atomic mass is 16.3. The van der Waals surface area contributed by atoms with E-state index >= 15 is 0 Å². The molecule has 2 aliphatic rings. The Morgan fingerprint density at radius 2 is 1.85 bits per heavy atom. The summed E-state index contributed by atoms with van der Waals surface area (Å²) >= 11 is 0. The van der Waals surface area contributed by atoms with E-state index < -0.39 is 6.04 Å². The van der Waals surface area contributed by atoms with E-state index in [1.807, 2.05) is 62.4 Å². The van der Waals surface area contributed by atoms with Gasteiger partial charge in [0.25, 0.3) is 0 Å². The number of amides is 2. The Bertz CT molecular complexity index is 1300. The Labute approximate surface area is 199 Å². The minimum Gasteiger partial charge on any atom is -0.467 e. The molecule has 6 nitrogen and oxygen atoms in total. The summed E-state index contributed by atoms with van der Waals surface area (Å²) in [6.07, 6.45) is 2.69. The van der Waals surface area contributed by atoms with Crippen LogP contribution in [0.5, 0.6) is 0 Å². The van der Waals surface area contributed by atoms with Crippen LogP contribution in [0.3, 0.4) is 0 Å². The summed E-state index contributed by atoms with van der Waals surface area (Å²) in [6.45, 7) is 8.20. The van der Waals surface area contributed by atoms with E-state index in [0.29, 0.717) is 29.9 Å². The lowest BCUT2D eigenvalue weighted by atomic mass is 9.74. The molecule has 34 heavy (non-hydrogen) atoms. The largest absolute Gasteiger partial charge is 0.467 e. The highest BCUT2D eigenvalue weighted by Crippen LogP contribution is 2.48. The lowest BCUT2D eigenvalue weighted by Crippen LogP contribution is -2.41. The molecule has 2 amide bonds. The molecule has 2 N–H and O–H groups in total. The van der Waals surface area contributed by atoms with E-state index in [9.17, 15) is 9.59 Å². The predicted molar refractivity (Wildman–Crippen MR) is 134 cm³/mol. The molecular weight excluding hydrogens is 426 g/mol. The first-order valence-electron chi connectivity index (χ1n) is 11.6. The van der Waals surface area contributed by atoms with Gasteiger partial charge in [-0.2, -0.15) is 0 Å². The smallest absolute Gasteiger partial charge is 0.327 e. The van der Waals surface area contributed by atoms with Gasteiger partial charge in [0.05, 0.1) is 17.6 Å². The van der Waals surface area contributed by atoms with Crippen LogP contribution in [0.2, 0.25) is 0 Å². The van der Waals surface area contributed by atoms with E-state index in [1.54, 1.807) is 17.2 Å². The molecule has 1 aliphatic heterocycles. The van der Waals surface area contributed by atoms with Gasteiger partial charge in [-0.25, -0.2) is 4.79 Å². The number of Topliss-reactive ketones (excluding diaryl/α,β-unsaturated/α-hetero) is 1. The monoisotopic (exact) mass is 455 g/mol. The van der Waals surface area contributed by atoms with E-state index in [-0.39, 0.29) is 17.2 Å². The van der Waals surface area contributed by atoms with Crippen LogP contribution >= 0.6 is 0 Å². The average molecular weight is 456 g/mol. The number of allylic oxidation sites excluding steroid dienone is 1. The van der Waals surface area contributed by atoms with Gasteiger partial charge in [0.15, 0.2) is 5.78 Å². The van der Waals surface area contributed by atoms with Crippen LogP contribution in [0.25, 0.3) is 0 Å². The van der Waals surface area contributed by atoms with E-state index in [2.05, 4.69) is 24.5 Å². The maximum atomic E-state index is 14.0. The number of rotatable bonds is 2. The number of carbonyl (C=O) groups excluding carboxylic acids is 2. The van der Waals surface area contributed by atoms with Crippen molar-refractivity contribution in [3.8, 4) is 0 Å². The van der Waals surface area contributed by atoms with Gasteiger partial charge >= 0.3 is 6.03 Å². The van der Waals surface area contributed by atoms with Gasteiger partial charge in [-0.15, -0.1) is 0 Å².